The molecule has 104 valence electrons. The molecule has 18 heavy (non-hydrogen) atoms. The molecule has 0 rings (SSSR count). The highest BCUT2D eigenvalue weighted by Crippen LogP contribution is 2.41. The first-order chi connectivity index (χ1) is 7.83. The molecule has 0 atom stereocenters. The second kappa shape index (κ2) is 4.90. The van der Waals surface area contributed by atoms with Crippen molar-refractivity contribution in [2.45, 2.75) is 12.1 Å². The van der Waals surface area contributed by atoms with E-state index in [1.54, 1.807) is 0 Å². The standard InChI is InChI=1S/C7HF9O2/c8-2(1(5(17)18)7(14,15)16)6(12,13)3(9)4(10)11/h(H,17,18). The van der Waals surface area contributed by atoms with Gasteiger partial charge in [0, 0.05) is 0 Å². The zero-order chi connectivity index (χ0) is 14.9. The Labute approximate surface area is 92.0 Å². The van der Waals surface area contributed by atoms with Crippen molar-refractivity contribution in [2.24, 2.45) is 0 Å². The van der Waals surface area contributed by atoms with Gasteiger partial charge in [-0.1, -0.05) is 0 Å². The first-order valence-corrected chi connectivity index (χ1v) is 3.63. The molecule has 0 aliphatic heterocycles. The van der Waals surface area contributed by atoms with Gasteiger partial charge < -0.3 is 5.11 Å². The van der Waals surface area contributed by atoms with Crippen LogP contribution in [-0.2, 0) is 4.79 Å². The van der Waals surface area contributed by atoms with Crippen LogP contribution in [-0.4, -0.2) is 23.2 Å². The van der Waals surface area contributed by atoms with E-state index in [2.05, 4.69) is 0 Å². The normalized spacial score (nSPS) is 14.1. The molecule has 0 radical (unpaired) electrons. The van der Waals surface area contributed by atoms with E-state index in [1.807, 2.05) is 0 Å². The fourth-order valence-corrected chi connectivity index (χ4v) is 0.712. The average Bonchev–Trinajstić information content (AvgIpc) is 2.13. The molecule has 11 heteroatoms. The van der Waals surface area contributed by atoms with Gasteiger partial charge in [-0.2, -0.15) is 35.1 Å². The summed E-state index contributed by atoms with van der Waals surface area (Å²) in [5.74, 6) is -16.9. The van der Waals surface area contributed by atoms with E-state index < -0.39 is 41.4 Å². The number of hydrogen-bond donors (Lipinski definition) is 1. The lowest BCUT2D eigenvalue weighted by atomic mass is 10.1. The van der Waals surface area contributed by atoms with Gasteiger partial charge in [0.15, 0.2) is 11.4 Å². The fraction of sp³-hybridized carbons (Fsp3) is 0.286. The van der Waals surface area contributed by atoms with Crippen molar-refractivity contribution in [1.29, 1.82) is 0 Å². The first-order valence-electron chi connectivity index (χ1n) is 3.63. The van der Waals surface area contributed by atoms with Gasteiger partial charge in [-0.25, -0.2) is 9.18 Å². The molecular weight excluding hydrogens is 287 g/mol. The summed E-state index contributed by atoms with van der Waals surface area (Å²) in [5, 5.41) is 7.89. The summed E-state index contributed by atoms with van der Waals surface area (Å²) in [4.78, 5) is 9.95. The fourth-order valence-electron chi connectivity index (χ4n) is 0.712. The number of rotatable bonds is 3. The Kier molecular flexibility index (Phi) is 4.44. The van der Waals surface area contributed by atoms with Gasteiger partial charge in [0.25, 0.3) is 0 Å². The van der Waals surface area contributed by atoms with Crippen LogP contribution < -0.4 is 0 Å². The van der Waals surface area contributed by atoms with Crippen LogP contribution in [0.1, 0.15) is 0 Å². The average molecular weight is 288 g/mol. The highest BCUT2D eigenvalue weighted by molar-refractivity contribution is 5.89. The molecule has 0 aliphatic rings. The van der Waals surface area contributed by atoms with Crippen molar-refractivity contribution < 1.29 is 49.4 Å². The van der Waals surface area contributed by atoms with Gasteiger partial charge in [0.05, 0.1) is 0 Å². The maximum absolute atomic E-state index is 12.6. The maximum Gasteiger partial charge on any atom is 0.426 e. The zero-order valence-electron chi connectivity index (χ0n) is 7.76. The third kappa shape index (κ3) is 3.17. The highest BCUT2D eigenvalue weighted by atomic mass is 19.4. The molecule has 1 N–H and O–H groups in total. The zero-order valence-corrected chi connectivity index (χ0v) is 7.76. The Bertz CT molecular complexity index is 413. The number of carboxylic acids is 1. The Morgan fingerprint density at radius 2 is 1.22 bits per heavy atom. The third-order valence-corrected chi connectivity index (χ3v) is 1.43. The second-order valence-electron chi connectivity index (χ2n) is 2.64. The summed E-state index contributed by atoms with van der Waals surface area (Å²) in [7, 11) is 0. The van der Waals surface area contributed by atoms with E-state index in [0.29, 0.717) is 0 Å². The van der Waals surface area contributed by atoms with E-state index in [9.17, 15) is 44.3 Å². The maximum atomic E-state index is 12.6. The minimum Gasteiger partial charge on any atom is -0.478 e. The number of alkyl halides is 5. The summed E-state index contributed by atoms with van der Waals surface area (Å²) in [6.07, 6.45) is -9.89. The third-order valence-electron chi connectivity index (χ3n) is 1.43. The highest BCUT2D eigenvalue weighted by Gasteiger charge is 2.53. The van der Waals surface area contributed by atoms with E-state index in [0.717, 1.165) is 0 Å². The Morgan fingerprint density at radius 3 is 1.44 bits per heavy atom. The molecule has 0 saturated carbocycles. The van der Waals surface area contributed by atoms with Crippen LogP contribution in [0.3, 0.4) is 0 Å². The molecule has 0 fully saturated rings. The van der Waals surface area contributed by atoms with Gasteiger partial charge in [-0.3, -0.25) is 0 Å². The second-order valence-corrected chi connectivity index (χ2v) is 2.64. The monoisotopic (exact) mass is 288 g/mol. The number of halogens is 9. The largest absolute Gasteiger partial charge is 0.478 e. The quantitative estimate of drug-likeness (QED) is 0.636. The van der Waals surface area contributed by atoms with Crippen LogP contribution in [0.15, 0.2) is 23.3 Å². The summed E-state index contributed by atoms with van der Waals surface area (Å²) < 4.78 is 108. The first kappa shape index (κ1) is 16.3. The topological polar surface area (TPSA) is 37.3 Å². The smallest absolute Gasteiger partial charge is 0.426 e. The van der Waals surface area contributed by atoms with Crippen molar-refractivity contribution in [3.8, 4) is 0 Å². The van der Waals surface area contributed by atoms with Crippen LogP contribution in [0.2, 0.25) is 0 Å². The predicted molar refractivity (Wildman–Crippen MR) is 37.1 cm³/mol. The molecule has 0 aliphatic carbocycles. The van der Waals surface area contributed by atoms with Crippen molar-refractivity contribution >= 4 is 5.97 Å². The van der Waals surface area contributed by atoms with Gasteiger partial charge in [0.2, 0.25) is 5.83 Å². The van der Waals surface area contributed by atoms with Crippen LogP contribution >= 0.6 is 0 Å². The number of allylic oxidation sites excluding steroid dienone is 2. The van der Waals surface area contributed by atoms with Crippen LogP contribution in [0.25, 0.3) is 0 Å². The summed E-state index contributed by atoms with van der Waals surface area (Å²) in [6, 6.07) is 0. The molecule has 0 heterocycles. The van der Waals surface area contributed by atoms with Crippen LogP contribution in [0.4, 0.5) is 39.5 Å². The Morgan fingerprint density at radius 1 is 0.833 bits per heavy atom. The van der Waals surface area contributed by atoms with Crippen molar-refractivity contribution in [3.05, 3.63) is 23.3 Å². The molecular formula is C7HF9O2. The van der Waals surface area contributed by atoms with Gasteiger partial charge in [-0.05, 0) is 0 Å². The Balaban J connectivity index is 6.08. The minimum atomic E-state index is -6.12. The number of carbonyl (C=O) groups is 1. The van der Waals surface area contributed by atoms with E-state index >= 15 is 0 Å². The van der Waals surface area contributed by atoms with Crippen molar-refractivity contribution in [1.82, 2.24) is 0 Å². The van der Waals surface area contributed by atoms with Crippen molar-refractivity contribution in [2.75, 3.05) is 0 Å². The molecule has 0 amide bonds. The summed E-state index contributed by atoms with van der Waals surface area (Å²) >= 11 is 0. The molecule has 2 nitrogen and oxygen atoms in total. The van der Waals surface area contributed by atoms with Gasteiger partial charge >= 0.3 is 24.1 Å². The lowest BCUT2D eigenvalue weighted by Gasteiger charge is -2.15. The van der Waals surface area contributed by atoms with E-state index in [4.69, 9.17) is 5.11 Å². The molecule has 0 aromatic carbocycles. The van der Waals surface area contributed by atoms with Crippen LogP contribution in [0.5, 0.6) is 0 Å². The van der Waals surface area contributed by atoms with Crippen LogP contribution in [0, 0.1) is 0 Å². The summed E-state index contributed by atoms with van der Waals surface area (Å²) in [6.45, 7) is 0. The lowest BCUT2D eigenvalue weighted by molar-refractivity contribution is -0.147. The molecule has 0 saturated heterocycles. The number of carboxylic acid groups (broad SMARTS) is 1. The van der Waals surface area contributed by atoms with E-state index in [-0.39, 0.29) is 0 Å². The molecule has 0 bridgehead atoms. The number of aliphatic carboxylic acids is 1. The summed E-state index contributed by atoms with van der Waals surface area (Å²) in [5.41, 5.74) is -3.47. The van der Waals surface area contributed by atoms with E-state index in [1.165, 1.54) is 0 Å². The number of hydrogen-bond acceptors (Lipinski definition) is 1. The van der Waals surface area contributed by atoms with Gasteiger partial charge in [0.1, 0.15) is 0 Å². The molecule has 0 spiro atoms. The molecule has 0 aromatic rings. The predicted octanol–water partition coefficient (Wildman–Crippen LogP) is 3.57. The minimum absolute atomic E-state index is 3.20. The lowest BCUT2D eigenvalue weighted by Crippen LogP contribution is -2.29. The van der Waals surface area contributed by atoms with Crippen molar-refractivity contribution in [3.63, 3.8) is 0 Å². The van der Waals surface area contributed by atoms with Gasteiger partial charge in [-0.15, -0.1) is 0 Å². The SMILES string of the molecule is O=C(O)C(=C(F)C(F)(F)C(F)=C(F)F)C(F)(F)F. The molecule has 0 aromatic heterocycles. The Hall–Kier alpha value is -1.68. The molecule has 0 unspecified atom stereocenters.